The summed E-state index contributed by atoms with van der Waals surface area (Å²) in [6, 6.07) is 53.9. The van der Waals surface area contributed by atoms with Gasteiger partial charge in [0.1, 0.15) is 11.2 Å². The molecular formula is C46H25N3OS. The number of rotatable bonds is 3. The van der Waals surface area contributed by atoms with Crippen molar-refractivity contribution in [2.24, 2.45) is 0 Å². The van der Waals surface area contributed by atoms with Crippen LogP contribution < -0.4 is 0 Å². The Hall–Kier alpha value is -6.56. The van der Waals surface area contributed by atoms with Crippen molar-refractivity contribution in [3.05, 3.63) is 152 Å². The lowest BCUT2D eigenvalue weighted by Crippen LogP contribution is -1.94. The van der Waals surface area contributed by atoms with Crippen LogP contribution in [0, 0.1) is 0 Å². The van der Waals surface area contributed by atoms with Gasteiger partial charge in [0.15, 0.2) is 5.82 Å². The lowest BCUT2D eigenvalue weighted by atomic mass is 9.97. The van der Waals surface area contributed by atoms with Gasteiger partial charge in [-0.1, -0.05) is 127 Å². The standard InChI is InChI=1S/C46H25N3OS/c1-2-11-26(12-3-1)41-45-42(35-14-5-7-22-39(35)51-45)48-46(47-41)27-23-24-28-30-16-8-18-32-33-19-9-17-31(44(33)49(43(30)32)36(28)25-27)29-15-10-21-38-40(29)34-13-4-6-20-37(34)50-38/h1-25H. The maximum absolute atomic E-state index is 6.35. The van der Waals surface area contributed by atoms with E-state index in [0.29, 0.717) is 0 Å². The summed E-state index contributed by atoms with van der Waals surface area (Å²) in [5.41, 5.74) is 11.8. The number of thiophene rings is 1. The minimum absolute atomic E-state index is 0.728. The predicted octanol–water partition coefficient (Wildman–Crippen LogP) is 12.9. The molecule has 0 atom stereocenters. The Labute approximate surface area is 294 Å². The van der Waals surface area contributed by atoms with Crippen LogP contribution >= 0.6 is 11.3 Å². The molecule has 5 heteroatoms. The second kappa shape index (κ2) is 10.0. The van der Waals surface area contributed by atoms with E-state index in [-0.39, 0.29) is 0 Å². The fourth-order valence-electron chi connectivity index (χ4n) is 8.39. The van der Waals surface area contributed by atoms with Gasteiger partial charge >= 0.3 is 0 Å². The van der Waals surface area contributed by atoms with Crippen molar-refractivity contribution in [3.8, 4) is 33.8 Å². The fraction of sp³-hybridized carbons (Fsp3) is 0. The van der Waals surface area contributed by atoms with Crippen LogP contribution in [0.15, 0.2) is 156 Å². The van der Waals surface area contributed by atoms with Crippen molar-refractivity contribution < 1.29 is 4.42 Å². The van der Waals surface area contributed by atoms with E-state index in [9.17, 15) is 0 Å². The van der Waals surface area contributed by atoms with Crippen LogP contribution in [-0.4, -0.2) is 14.4 Å². The van der Waals surface area contributed by atoms with Gasteiger partial charge in [-0.2, -0.15) is 0 Å². The number of furan rings is 1. The topological polar surface area (TPSA) is 43.3 Å². The van der Waals surface area contributed by atoms with E-state index in [2.05, 4.69) is 150 Å². The Bertz CT molecular complexity index is 3370. The summed E-state index contributed by atoms with van der Waals surface area (Å²) >= 11 is 1.76. The summed E-state index contributed by atoms with van der Waals surface area (Å²) in [4.78, 5) is 10.6. The van der Waals surface area contributed by atoms with Crippen LogP contribution in [0.25, 0.3) is 114 Å². The molecule has 0 bridgehead atoms. The van der Waals surface area contributed by atoms with E-state index in [4.69, 9.17) is 14.4 Å². The lowest BCUT2D eigenvalue weighted by Gasteiger charge is -2.09. The molecule has 0 amide bonds. The normalized spacial score (nSPS) is 12.3. The summed E-state index contributed by atoms with van der Waals surface area (Å²) in [5, 5.41) is 8.38. The fourth-order valence-corrected chi connectivity index (χ4v) is 9.54. The molecule has 236 valence electrons. The van der Waals surface area contributed by atoms with E-state index in [1.165, 1.54) is 48.4 Å². The third-order valence-electron chi connectivity index (χ3n) is 10.6. The van der Waals surface area contributed by atoms with Crippen LogP contribution in [0.3, 0.4) is 0 Å². The first kappa shape index (κ1) is 27.3. The summed E-state index contributed by atoms with van der Waals surface area (Å²) < 4.78 is 11.2. The van der Waals surface area contributed by atoms with Crippen LogP contribution in [0.2, 0.25) is 0 Å². The number of nitrogens with zero attached hydrogens (tertiary/aromatic N) is 3. The number of aromatic nitrogens is 3. The highest BCUT2D eigenvalue weighted by Gasteiger charge is 2.23. The van der Waals surface area contributed by atoms with Gasteiger partial charge in [0.2, 0.25) is 0 Å². The van der Waals surface area contributed by atoms with Gasteiger partial charge in [-0.3, -0.25) is 0 Å². The number of hydrogen-bond donors (Lipinski definition) is 0. The highest BCUT2D eigenvalue weighted by atomic mass is 32.1. The first-order chi connectivity index (χ1) is 25.3. The lowest BCUT2D eigenvalue weighted by molar-refractivity contribution is 0.669. The van der Waals surface area contributed by atoms with Crippen LogP contribution in [0.4, 0.5) is 0 Å². The average molecular weight is 668 g/mol. The molecule has 0 radical (unpaired) electrons. The maximum Gasteiger partial charge on any atom is 0.160 e. The molecule has 0 aliphatic heterocycles. The van der Waals surface area contributed by atoms with Crippen molar-refractivity contribution in [3.63, 3.8) is 0 Å². The number of fused-ring (bicyclic) bond motifs is 12. The maximum atomic E-state index is 6.35. The minimum Gasteiger partial charge on any atom is -0.456 e. The molecule has 0 unspecified atom stereocenters. The SMILES string of the molecule is c1ccc(-c2nc(-c3ccc4c5cccc6c7cccc(-c8cccc9oc%10ccccc%10c89)c7n(c4c3)c56)nc3c2sc2ccccc23)cc1. The number of para-hydroxylation sites is 3. The zero-order chi connectivity index (χ0) is 33.2. The summed E-state index contributed by atoms with van der Waals surface area (Å²) in [5.74, 6) is 0.728. The predicted molar refractivity (Wildman–Crippen MR) is 213 cm³/mol. The van der Waals surface area contributed by atoms with Crippen molar-refractivity contribution in [1.29, 1.82) is 0 Å². The van der Waals surface area contributed by atoms with Gasteiger partial charge in [0.25, 0.3) is 0 Å². The molecule has 0 aliphatic rings. The molecule has 0 saturated carbocycles. The second-order valence-corrected chi connectivity index (χ2v) is 14.3. The largest absolute Gasteiger partial charge is 0.456 e. The molecule has 12 rings (SSSR count). The van der Waals surface area contributed by atoms with E-state index in [1.54, 1.807) is 11.3 Å². The van der Waals surface area contributed by atoms with Crippen LogP contribution in [0.5, 0.6) is 0 Å². The quantitative estimate of drug-likeness (QED) is 0.188. The van der Waals surface area contributed by atoms with E-state index < -0.39 is 0 Å². The molecule has 0 N–H and O–H groups in total. The third-order valence-corrected chi connectivity index (χ3v) is 11.7. The highest BCUT2D eigenvalue weighted by molar-refractivity contribution is 7.26. The molecule has 51 heavy (non-hydrogen) atoms. The first-order valence-electron chi connectivity index (χ1n) is 17.2. The zero-order valence-electron chi connectivity index (χ0n) is 27.1. The van der Waals surface area contributed by atoms with Gasteiger partial charge in [-0.25, -0.2) is 9.97 Å². The number of benzene rings is 7. The van der Waals surface area contributed by atoms with Crippen molar-refractivity contribution in [2.45, 2.75) is 0 Å². The summed E-state index contributed by atoms with van der Waals surface area (Å²) in [7, 11) is 0. The van der Waals surface area contributed by atoms with Crippen molar-refractivity contribution in [2.75, 3.05) is 0 Å². The van der Waals surface area contributed by atoms with Crippen LogP contribution in [0.1, 0.15) is 0 Å². The smallest absolute Gasteiger partial charge is 0.160 e. The van der Waals surface area contributed by atoms with Crippen molar-refractivity contribution >= 4 is 91.7 Å². The Morgan fingerprint density at radius 2 is 1.18 bits per heavy atom. The van der Waals surface area contributed by atoms with E-state index >= 15 is 0 Å². The van der Waals surface area contributed by atoms with Gasteiger partial charge < -0.3 is 8.82 Å². The Balaban J connectivity index is 1.18. The molecule has 0 fully saturated rings. The van der Waals surface area contributed by atoms with Gasteiger partial charge in [-0.15, -0.1) is 11.3 Å². The average Bonchev–Trinajstić information content (AvgIpc) is 3.94. The molecule has 0 aliphatic carbocycles. The molecule has 0 spiro atoms. The molecule has 0 saturated heterocycles. The molecule has 12 aromatic rings. The Morgan fingerprint density at radius 1 is 0.490 bits per heavy atom. The number of hydrogen-bond acceptors (Lipinski definition) is 4. The highest BCUT2D eigenvalue weighted by Crippen LogP contribution is 2.46. The Kier molecular flexibility index (Phi) is 5.35. The van der Waals surface area contributed by atoms with Gasteiger partial charge in [0.05, 0.1) is 32.5 Å². The Morgan fingerprint density at radius 3 is 2.08 bits per heavy atom. The second-order valence-electron chi connectivity index (χ2n) is 13.3. The molecule has 4 nitrogen and oxygen atoms in total. The van der Waals surface area contributed by atoms with Gasteiger partial charge in [-0.05, 0) is 29.8 Å². The molecule has 5 heterocycles. The summed E-state index contributed by atoms with van der Waals surface area (Å²) in [6.45, 7) is 0. The first-order valence-corrected chi connectivity index (χ1v) is 18.0. The monoisotopic (exact) mass is 667 g/mol. The summed E-state index contributed by atoms with van der Waals surface area (Å²) in [6.07, 6.45) is 0. The van der Waals surface area contributed by atoms with E-state index in [0.717, 1.165) is 65.7 Å². The van der Waals surface area contributed by atoms with Crippen molar-refractivity contribution in [1.82, 2.24) is 14.4 Å². The van der Waals surface area contributed by atoms with Crippen LogP contribution in [-0.2, 0) is 0 Å². The van der Waals surface area contributed by atoms with Gasteiger partial charge in [0, 0.05) is 59.1 Å². The zero-order valence-corrected chi connectivity index (χ0v) is 27.9. The molecule has 5 aromatic heterocycles. The third kappa shape index (κ3) is 3.68. The molecule has 7 aromatic carbocycles. The molecular weight excluding hydrogens is 643 g/mol. The van der Waals surface area contributed by atoms with E-state index in [1.807, 2.05) is 6.07 Å². The minimum atomic E-state index is 0.728.